The van der Waals surface area contributed by atoms with Crippen molar-refractivity contribution >= 4 is 32.3 Å². The largest absolute Gasteiger partial charge is 0.0630 e. The minimum absolute atomic E-state index is 0.653. The normalized spacial score (nSPS) is 20.7. The molecular formula is C36H24. The van der Waals surface area contributed by atoms with E-state index in [4.69, 9.17) is 23.3 Å². The molecule has 168 valence electrons. The van der Waals surface area contributed by atoms with Crippen LogP contribution in [0.4, 0.5) is 0 Å². The SMILES string of the molecule is [2H]c1c([2H])c([2H])c(-c2c([2H])c([2H])c(-c3c4c([2H])c([2H])c([2H])c([2H])c4c(-c4c([2H])c([2H])c([2H])c([2H])c4[2H])c4c([2H])c([2H])c([2H])c([2H])c34)c3c([2H])c([2H])c([2H])c([2H])c23)c([2H])c1[2H]. The van der Waals surface area contributed by atoms with Crippen molar-refractivity contribution in [2.45, 2.75) is 0 Å². The van der Waals surface area contributed by atoms with Crippen LogP contribution in [0.3, 0.4) is 0 Å². The van der Waals surface area contributed by atoms with E-state index in [-0.39, 0.29) is 0 Å². The van der Waals surface area contributed by atoms with Gasteiger partial charge in [0.2, 0.25) is 0 Å². The Morgan fingerprint density at radius 1 is 0.278 bits per heavy atom. The Balaban J connectivity index is 1.95. The Hall–Kier alpha value is -4.68. The minimum Gasteiger partial charge on any atom is -0.0622 e. The van der Waals surface area contributed by atoms with Gasteiger partial charge in [-0.15, -0.1) is 0 Å². The molecule has 0 heterocycles. The molecule has 0 saturated heterocycles. The number of hydrogen-bond acceptors (Lipinski definition) is 0. The predicted molar refractivity (Wildman–Crippen MR) is 155 cm³/mol. The van der Waals surface area contributed by atoms with E-state index in [0.717, 1.165) is 0 Å². The van der Waals surface area contributed by atoms with E-state index in [1.165, 1.54) is 0 Å². The van der Waals surface area contributed by atoms with E-state index in [1.54, 1.807) is 0 Å². The highest BCUT2D eigenvalue weighted by Crippen LogP contribution is 2.46. The van der Waals surface area contributed by atoms with E-state index in [9.17, 15) is 9.60 Å². The number of benzene rings is 7. The first kappa shape index (κ1) is 7.66. The zero-order valence-electron chi connectivity index (χ0n) is 42.0. The van der Waals surface area contributed by atoms with Gasteiger partial charge < -0.3 is 0 Å². The average Bonchev–Trinajstić information content (AvgIpc) is 3.22. The minimum atomic E-state index is -1.03. The van der Waals surface area contributed by atoms with Gasteiger partial charge in [0.25, 0.3) is 0 Å². The van der Waals surface area contributed by atoms with E-state index < -0.39 is 211 Å². The van der Waals surface area contributed by atoms with Crippen molar-refractivity contribution in [2.24, 2.45) is 0 Å². The summed E-state index contributed by atoms with van der Waals surface area (Å²) in [5, 5.41) is -4.15. The topological polar surface area (TPSA) is 0 Å². The third-order valence-electron chi connectivity index (χ3n) is 5.62. The van der Waals surface area contributed by atoms with Crippen LogP contribution in [0.15, 0.2) is 145 Å². The highest BCUT2D eigenvalue weighted by Gasteiger charge is 2.18. The van der Waals surface area contributed by atoms with E-state index in [2.05, 4.69) is 0 Å². The molecule has 0 heteroatoms. The first-order valence-corrected chi connectivity index (χ1v) is 10.5. The third kappa shape index (κ3) is 3.23. The van der Waals surface area contributed by atoms with Crippen molar-refractivity contribution in [1.82, 2.24) is 0 Å². The van der Waals surface area contributed by atoms with Crippen molar-refractivity contribution in [3.63, 3.8) is 0 Å². The zero-order valence-corrected chi connectivity index (χ0v) is 18.0. The quantitative estimate of drug-likeness (QED) is 0.221. The molecule has 7 aromatic carbocycles. The smallest absolute Gasteiger partial charge is 0.0622 e. The van der Waals surface area contributed by atoms with Crippen LogP contribution in [0, 0.1) is 0 Å². The second-order valence-corrected chi connectivity index (χ2v) is 7.50. The molecule has 0 aliphatic heterocycles. The lowest BCUT2D eigenvalue weighted by molar-refractivity contribution is 1.64. The summed E-state index contributed by atoms with van der Waals surface area (Å²) >= 11 is 0. The maximum Gasteiger partial charge on any atom is 0.0630 e. The Bertz CT molecular complexity index is 3050. The van der Waals surface area contributed by atoms with Crippen LogP contribution in [-0.4, -0.2) is 0 Å². The summed E-state index contributed by atoms with van der Waals surface area (Å²) in [4.78, 5) is 0. The fraction of sp³-hybridized carbons (Fsp3) is 0. The van der Waals surface area contributed by atoms with Crippen molar-refractivity contribution in [1.29, 1.82) is 0 Å². The third-order valence-corrected chi connectivity index (χ3v) is 5.62. The molecule has 0 N–H and O–H groups in total. The Morgan fingerprint density at radius 2 is 0.639 bits per heavy atom. The Labute approximate surface area is 244 Å². The molecule has 7 rings (SSSR count). The molecule has 0 aliphatic carbocycles. The first-order chi connectivity index (χ1) is 27.9. The molecule has 0 bridgehead atoms. The van der Waals surface area contributed by atoms with Gasteiger partial charge in [-0.2, -0.15) is 0 Å². The molecule has 0 nitrogen and oxygen atoms in total. The summed E-state index contributed by atoms with van der Waals surface area (Å²) in [6.45, 7) is 0. The molecule has 0 amide bonds. The van der Waals surface area contributed by atoms with Crippen LogP contribution in [0.5, 0.6) is 0 Å². The average molecular weight is 481 g/mol. The standard InChI is InChI=1S/C36H24/c1-3-13-25(14-4-1)27-23-24-34(29-18-8-7-17-28(27)29)36-32-21-11-9-19-30(32)35(26-15-5-2-6-16-26)31-20-10-12-22-33(31)36/h1-24H/i1D,2D,3D,4D,5D,6D,7D,8D,9D,10D,11D,12D,13D,14D,15D,16D,17D,18D,19D,20D,21D,22D,23D,24D. The monoisotopic (exact) mass is 480 g/mol. The van der Waals surface area contributed by atoms with Gasteiger partial charge in [0.05, 0.1) is 32.9 Å². The van der Waals surface area contributed by atoms with Crippen LogP contribution in [0.2, 0.25) is 0 Å². The van der Waals surface area contributed by atoms with Gasteiger partial charge in [-0.3, -0.25) is 0 Å². The lowest BCUT2D eigenvalue weighted by Gasteiger charge is -2.19. The molecule has 0 aromatic heterocycles. The van der Waals surface area contributed by atoms with Gasteiger partial charge in [0, 0.05) is 0 Å². The van der Waals surface area contributed by atoms with Crippen LogP contribution >= 0.6 is 0 Å². The number of rotatable bonds is 3. The van der Waals surface area contributed by atoms with Gasteiger partial charge in [-0.1, -0.05) is 145 Å². The molecule has 0 spiro atoms. The summed E-state index contributed by atoms with van der Waals surface area (Å²) in [7, 11) is 0. The van der Waals surface area contributed by atoms with Crippen molar-refractivity contribution in [2.75, 3.05) is 0 Å². The summed E-state index contributed by atoms with van der Waals surface area (Å²) in [6.07, 6.45) is 0. The van der Waals surface area contributed by atoms with Crippen LogP contribution in [0.1, 0.15) is 32.9 Å². The van der Waals surface area contributed by atoms with Crippen LogP contribution in [0.25, 0.3) is 65.7 Å². The maximum absolute atomic E-state index is 9.54. The summed E-state index contributed by atoms with van der Waals surface area (Å²) in [6, 6.07) is -22.4. The second-order valence-electron chi connectivity index (χ2n) is 7.50. The lowest BCUT2D eigenvalue weighted by Crippen LogP contribution is -1.92. The fourth-order valence-corrected chi connectivity index (χ4v) is 4.19. The molecule has 0 saturated carbocycles. The molecule has 0 radical (unpaired) electrons. The maximum atomic E-state index is 9.54. The summed E-state index contributed by atoms with van der Waals surface area (Å²) < 4.78 is 211. The van der Waals surface area contributed by atoms with Gasteiger partial charge in [0.1, 0.15) is 0 Å². The summed E-state index contributed by atoms with van der Waals surface area (Å²) in [5.41, 5.74) is -4.27. The van der Waals surface area contributed by atoms with E-state index >= 15 is 0 Å². The fourth-order valence-electron chi connectivity index (χ4n) is 4.19. The number of hydrogen-bond donors (Lipinski definition) is 0. The van der Waals surface area contributed by atoms with Gasteiger partial charge in [0.15, 0.2) is 0 Å². The molecule has 0 aliphatic rings. The highest BCUT2D eigenvalue weighted by atomic mass is 14.2. The molecular weight excluding hydrogens is 432 g/mol. The first-order valence-electron chi connectivity index (χ1n) is 22.5. The lowest BCUT2D eigenvalue weighted by atomic mass is 9.84. The van der Waals surface area contributed by atoms with E-state index in [1.807, 2.05) is 0 Å². The van der Waals surface area contributed by atoms with Crippen molar-refractivity contribution < 1.29 is 32.9 Å². The molecule has 0 atom stereocenters. The van der Waals surface area contributed by atoms with Crippen molar-refractivity contribution in [3.05, 3.63) is 145 Å². The Morgan fingerprint density at radius 3 is 1.17 bits per heavy atom. The van der Waals surface area contributed by atoms with Crippen LogP contribution in [-0.2, 0) is 0 Å². The molecule has 7 aromatic rings. The molecule has 0 fully saturated rings. The van der Waals surface area contributed by atoms with E-state index in [0.29, 0.717) is 0 Å². The zero-order chi connectivity index (χ0) is 44.8. The Kier molecular flexibility index (Phi) is 1.81. The molecule has 0 unspecified atom stereocenters. The van der Waals surface area contributed by atoms with Gasteiger partial charge in [-0.25, -0.2) is 0 Å². The van der Waals surface area contributed by atoms with Gasteiger partial charge in [-0.05, 0) is 65.7 Å². The van der Waals surface area contributed by atoms with Crippen molar-refractivity contribution in [3.8, 4) is 33.4 Å². The van der Waals surface area contributed by atoms with Gasteiger partial charge >= 0.3 is 0 Å². The molecule has 36 heavy (non-hydrogen) atoms. The summed E-state index contributed by atoms with van der Waals surface area (Å²) in [5.74, 6) is 0. The number of fused-ring (bicyclic) bond motifs is 3. The second kappa shape index (κ2) is 8.52. The predicted octanol–water partition coefficient (Wildman–Crippen LogP) is 10.1. The van der Waals surface area contributed by atoms with Crippen LogP contribution < -0.4 is 0 Å². The highest BCUT2D eigenvalue weighted by molar-refractivity contribution is 6.24.